The Bertz CT molecular complexity index is 496. The Morgan fingerprint density at radius 1 is 1.50 bits per heavy atom. The highest BCUT2D eigenvalue weighted by Gasteiger charge is 2.30. The lowest BCUT2D eigenvalue weighted by Crippen LogP contribution is -2.31. The summed E-state index contributed by atoms with van der Waals surface area (Å²) < 4.78 is 0. The van der Waals surface area contributed by atoms with Crippen molar-refractivity contribution in [2.45, 2.75) is 52.0 Å². The second-order valence-corrected chi connectivity index (χ2v) is 5.65. The molecular formula is C14H23N5O. The number of nitrogens with two attached hydrogens (primary N) is 1. The summed E-state index contributed by atoms with van der Waals surface area (Å²) in [4.78, 5) is 11.4. The van der Waals surface area contributed by atoms with Crippen molar-refractivity contribution in [3.05, 3.63) is 17.6 Å². The van der Waals surface area contributed by atoms with Crippen molar-refractivity contribution in [3.63, 3.8) is 0 Å². The van der Waals surface area contributed by atoms with Crippen molar-refractivity contribution < 1.29 is 5.21 Å². The molecule has 2 rings (SSSR count). The van der Waals surface area contributed by atoms with E-state index in [0.717, 1.165) is 17.3 Å². The highest BCUT2D eigenvalue weighted by Crippen LogP contribution is 2.31. The fourth-order valence-electron chi connectivity index (χ4n) is 2.14. The zero-order chi connectivity index (χ0) is 14.7. The van der Waals surface area contributed by atoms with Crippen LogP contribution in [0.2, 0.25) is 0 Å². The van der Waals surface area contributed by atoms with Crippen molar-refractivity contribution in [1.82, 2.24) is 9.97 Å². The van der Waals surface area contributed by atoms with E-state index in [-0.39, 0.29) is 5.84 Å². The van der Waals surface area contributed by atoms with Crippen molar-refractivity contribution in [2.75, 3.05) is 11.4 Å². The first kappa shape index (κ1) is 14.6. The maximum atomic E-state index is 8.65. The lowest BCUT2D eigenvalue weighted by molar-refractivity contribution is 0.317. The third kappa shape index (κ3) is 3.59. The quantitative estimate of drug-likeness (QED) is 0.359. The van der Waals surface area contributed by atoms with Crippen LogP contribution in [0, 0.1) is 6.92 Å². The molecule has 1 fully saturated rings. The summed E-state index contributed by atoms with van der Waals surface area (Å²) in [7, 11) is 0. The molecule has 0 unspecified atom stereocenters. The van der Waals surface area contributed by atoms with E-state index in [1.165, 1.54) is 12.8 Å². The van der Waals surface area contributed by atoms with E-state index in [2.05, 4.69) is 33.9 Å². The summed E-state index contributed by atoms with van der Waals surface area (Å²) in [6.45, 7) is 6.90. The van der Waals surface area contributed by atoms with Gasteiger partial charge in [0.25, 0.3) is 0 Å². The van der Waals surface area contributed by atoms with E-state index in [9.17, 15) is 0 Å². The Morgan fingerprint density at radius 3 is 2.75 bits per heavy atom. The van der Waals surface area contributed by atoms with Crippen LogP contribution in [0.1, 0.15) is 50.5 Å². The van der Waals surface area contributed by atoms with Crippen molar-refractivity contribution in [2.24, 2.45) is 10.9 Å². The van der Waals surface area contributed by atoms with Crippen LogP contribution in [0.3, 0.4) is 0 Å². The number of rotatable bonds is 6. The molecule has 20 heavy (non-hydrogen) atoms. The van der Waals surface area contributed by atoms with E-state index in [1.807, 2.05) is 13.0 Å². The average molecular weight is 277 g/mol. The molecule has 1 aromatic heterocycles. The van der Waals surface area contributed by atoms with Crippen molar-refractivity contribution >= 4 is 11.7 Å². The number of aromatic nitrogens is 2. The smallest absolute Gasteiger partial charge is 0.140 e. The highest BCUT2D eigenvalue weighted by molar-refractivity contribution is 5.80. The van der Waals surface area contributed by atoms with Crippen molar-refractivity contribution in [3.8, 4) is 0 Å². The monoisotopic (exact) mass is 277 g/mol. The van der Waals surface area contributed by atoms with Crippen LogP contribution < -0.4 is 10.6 Å². The summed E-state index contributed by atoms with van der Waals surface area (Å²) in [6, 6.07) is 2.53. The minimum atomic E-state index is 0.255. The molecule has 1 saturated carbocycles. The Labute approximate surface area is 119 Å². The fourth-order valence-corrected chi connectivity index (χ4v) is 2.14. The molecule has 0 amide bonds. The van der Waals surface area contributed by atoms with Crippen LogP contribution in [0.5, 0.6) is 0 Å². The van der Waals surface area contributed by atoms with E-state index in [1.54, 1.807) is 0 Å². The molecule has 0 aliphatic heterocycles. The Balaban J connectivity index is 2.20. The van der Waals surface area contributed by atoms with Gasteiger partial charge in [-0.25, -0.2) is 9.97 Å². The second kappa shape index (κ2) is 6.07. The van der Waals surface area contributed by atoms with Gasteiger partial charge in [-0.3, -0.25) is 0 Å². The zero-order valence-electron chi connectivity index (χ0n) is 12.4. The third-order valence-corrected chi connectivity index (χ3v) is 3.39. The first-order valence-electron chi connectivity index (χ1n) is 7.10. The molecule has 0 atom stereocenters. The molecule has 6 heteroatoms. The Hall–Kier alpha value is -1.85. The molecule has 1 aliphatic carbocycles. The van der Waals surface area contributed by atoms with Gasteiger partial charge < -0.3 is 15.8 Å². The molecule has 3 N–H and O–H groups in total. The van der Waals surface area contributed by atoms with Gasteiger partial charge in [0.05, 0.1) is 0 Å². The number of aryl methyl sites for hydroxylation is 1. The van der Waals surface area contributed by atoms with Crippen LogP contribution in [-0.4, -0.2) is 33.6 Å². The van der Waals surface area contributed by atoms with Crippen molar-refractivity contribution in [1.29, 1.82) is 0 Å². The van der Waals surface area contributed by atoms with Crippen LogP contribution in [0.25, 0.3) is 0 Å². The van der Waals surface area contributed by atoms with Crippen LogP contribution in [0.15, 0.2) is 11.2 Å². The van der Waals surface area contributed by atoms with Gasteiger partial charge in [-0.1, -0.05) is 19.0 Å². The molecule has 1 heterocycles. The molecule has 1 aromatic rings. The second-order valence-electron chi connectivity index (χ2n) is 5.65. The summed E-state index contributed by atoms with van der Waals surface area (Å²) >= 11 is 0. The van der Waals surface area contributed by atoms with Gasteiger partial charge in [-0.15, -0.1) is 0 Å². The Kier molecular flexibility index (Phi) is 4.42. The molecule has 1 aliphatic rings. The average Bonchev–Trinajstić information content (AvgIpc) is 3.22. The first-order chi connectivity index (χ1) is 9.51. The number of hydrogen-bond acceptors (Lipinski definition) is 5. The van der Waals surface area contributed by atoms with E-state index >= 15 is 0 Å². The number of nitrogens with zero attached hydrogens (tertiary/aromatic N) is 4. The van der Waals surface area contributed by atoms with Crippen LogP contribution in [0.4, 0.5) is 5.82 Å². The summed E-state index contributed by atoms with van der Waals surface area (Å²) in [5, 5.41) is 11.7. The van der Waals surface area contributed by atoms with Gasteiger partial charge in [-0.05, 0) is 19.8 Å². The zero-order valence-corrected chi connectivity index (χ0v) is 12.4. The predicted octanol–water partition coefficient (Wildman–Crippen LogP) is 2.01. The molecule has 0 spiro atoms. The molecule has 0 radical (unpaired) electrons. The molecular weight excluding hydrogens is 254 g/mol. The minimum absolute atomic E-state index is 0.255. The fraction of sp³-hybridized carbons (Fsp3) is 0.643. The van der Waals surface area contributed by atoms with Gasteiger partial charge in [-0.2, -0.15) is 0 Å². The maximum Gasteiger partial charge on any atom is 0.140 e. The molecule has 0 bridgehead atoms. The van der Waals surface area contributed by atoms with Gasteiger partial charge in [0.15, 0.2) is 0 Å². The van der Waals surface area contributed by atoms with Crippen LogP contribution in [-0.2, 0) is 0 Å². The molecule has 0 saturated heterocycles. The predicted molar refractivity (Wildman–Crippen MR) is 79.3 cm³/mol. The SMILES string of the molecule is Cc1cc(N(CCC(N)=NO)C2CC2)nc(C(C)C)n1. The topological polar surface area (TPSA) is 87.6 Å². The van der Waals surface area contributed by atoms with Crippen LogP contribution >= 0.6 is 0 Å². The summed E-state index contributed by atoms with van der Waals surface area (Å²) in [5.41, 5.74) is 6.55. The number of oxime groups is 1. The molecule has 6 nitrogen and oxygen atoms in total. The van der Waals surface area contributed by atoms with Gasteiger partial charge in [0.1, 0.15) is 17.5 Å². The number of hydrogen-bond donors (Lipinski definition) is 2. The first-order valence-corrected chi connectivity index (χ1v) is 7.10. The third-order valence-electron chi connectivity index (χ3n) is 3.39. The summed E-state index contributed by atoms with van der Waals surface area (Å²) in [6.07, 6.45) is 2.89. The number of amidine groups is 1. The highest BCUT2D eigenvalue weighted by atomic mass is 16.4. The van der Waals surface area contributed by atoms with Gasteiger partial charge in [0, 0.05) is 36.7 Å². The normalized spacial score (nSPS) is 15.7. The minimum Gasteiger partial charge on any atom is -0.409 e. The van der Waals surface area contributed by atoms with Gasteiger partial charge in [0.2, 0.25) is 0 Å². The lowest BCUT2D eigenvalue weighted by Gasteiger charge is -2.24. The molecule has 0 aromatic carbocycles. The lowest BCUT2D eigenvalue weighted by atomic mass is 10.2. The van der Waals surface area contributed by atoms with Gasteiger partial charge >= 0.3 is 0 Å². The summed E-state index contributed by atoms with van der Waals surface area (Å²) in [5.74, 6) is 2.38. The standard InChI is InChI=1S/C14H23N5O/c1-9(2)14-16-10(3)8-13(17-14)19(11-4-5-11)7-6-12(15)18-20/h8-9,11,20H,4-7H2,1-3H3,(H2,15,18). The van der Waals surface area contributed by atoms with E-state index in [4.69, 9.17) is 10.9 Å². The van der Waals surface area contributed by atoms with E-state index in [0.29, 0.717) is 24.9 Å². The van der Waals surface area contributed by atoms with E-state index < -0.39 is 0 Å². The maximum absolute atomic E-state index is 8.65. The molecule has 110 valence electrons. The number of anilines is 1. The largest absolute Gasteiger partial charge is 0.409 e. The Morgan fingerprint density at radius 2 is 2.20 bits per heavy atom.